The molecule has 0 radical (unpaired) electrons. The highest BCUT2D eigenvalue weighted by Gasteiger charge is 2.28. The Morgan fingerprint density at radius 1 is 1.64 bits per heavy atom. The number of aryl methyl sites for hydroxylation is 1. The lowest BCUT2D eigenvalue weighted by atomic mass is 10.2. The van der Waals surface area contributed by atoms with Gasteiger partial charge in [0.15, 0.2) is 5.82 Å². The van der Waals surface area contributed by atoms with Crippen molar-refractivity contribution in [2.45, 2.75) is 38.9 Å². The van der Waals surface area contributed by atoms with E-state index < -0.39 is 0 Å². The monoisotopic (exact) mass is 196 g/mol. The summed E-state index contributed by atoms with van der Waals surface area (Å²) in [5.41, 5.74) is 5.92. The summed E-state index contributed by atoms with van der Waals surface area (Å²) >= 11 is 0. The van der Waals surface area contributed by atoms with Gasteiger partial charge in [0.05, 0.1) is 6.54 Å². The summed E-state index contributed by atoms with van der Waals surface area (Å²) in [6.07, 6.45) is 1.05. The van der Waals surface area contributed by atoms with Gasteiger partial charge in [0.25, 0.3) is 0 Å². The van der Waals surface area contributed by atoms with Crippen molar-refractivity contribution >= 4 is 0 Å². The number of nitrogens with two attached hydrogens (primary N) is 1. The zero-order valence-electron chi connectivity index (χ0n) is 8.60. The van der Waals surface area contributed by atoms with E-state index in [2.05, 4.69) is 22.0 Å². The summed E-state index contributed by atoms with van der Waals surface area (Å²) in [6.45, 7) is 5.70. The number of aromatic nitrogens is 2. The summed E-state index contributed by atoms with van der Waals surface area (Å²) in [7, 11) is 0. The van der Waals surface area contributed by atoms with Gasteiger partial charge in [0.2, 0.25) is 5.89 Å². The molecule has 1 saturated heterocycles. The van der Waals surface area contributed by atoms with Crippen LogP contribution in [-0.2, 0) is 6.54 Å². The molecule has 2 heterocycles. The Bertz CT molecular complexity index is 312. The van der Waals surface area contributed by atoms with E-state index in [-0.39, 0.29) is 6.04 Å². The van der Waals surface area contributed by atoms with Crippen LogP contribution >= 0.6 is 0 Å². The van der Waals surface area contributed by atoms with Crippen LogP contribution in [-0.4, -0.2) is 33.7 Å². The summed E-state index contributed by atoms with van der Waals surface area (Å²) in [6, 6.07) is 0.682. The second kappa shape index (κ2) is 3.67. The number of rotatable bonds is 2. The summed E-state index contributed by atoms with van der Waals surface area (Å²) < 4.78 is 5.07. The Morgan fingerprint density at radius 3 is 2.93 bits per heavy atom. The molecule has 5 nitrogen and oxygen atoms in total. The Hall–Kier alpha value is -0.940. The molecular formula is C9H16N4O. The van der Waals surface area contributed by atoms with Gasteiger partial charge in [-0.3, -0.25) is 4.90 Å². The van der Waals surface area contributed by atoms with Crippen molar-refractivity contribution in [1.82, 2.24) is 15.0 Å². The second-order valence-electron chi connectivity index (χ2n) is 3.90. The predicted octanol–water partition coefficient (Wildman–Crippen LogP) is 0.300. The Labute approximate surface area is 83.3 Å². The predicted molar refractivity (Wildman–Crippen MR) is 51.5 cm³/mol. The Kier molecular flexibility index (Phi) is 2.52. The fourth-order valence-corrected chi connectivity index (χ4v) is 1.83. The van der Waals surface area contributed by atoms with Gasteiger partial charge in [-0.2, -0.15) is 4.98 Å². The first-order valence-corrected chi connectivity index (χ1v) is 4.95. The largest absolute Gasteiger partial charge is 0.338 e. The molecule has 78 valence electrons. The minimum Gasteiger partial charge on any atom is -0.338 e. The van der Waals surface area contributed by atoms with Crippen LogP contribution in [0.4, 0.5) is 0 Å². The zero-order chi connectivity index (χ0) is 10.1. The molecule has 0 aliphatic carbocycles. The van der Waals surface area contributed by atoms with Gasteiger partial charge in [0, 0.05) is 18.6 Å². The maximum Gasteiger partial charge on any atom is 0.240 e. The molecular weight excluding hydrogens is 180 g/mol. The van der Waals surface area contributed by atoms with Crippen molar-refractivity contribution in [2.75, 3.05) is 6.54 Å². The molecule has 14 heavy (non-hydrogen) atoms. The topological polar surface area (TPSA) is 68.2 Å². The standard InChI is InChI=1S/C9H16N4O/c1-6-8(10)3-4-13(6)5-9-11-7(2)12-14-9/h6,8H,3-5,10H2,1-2H3. The molecule has 1 fully saturated rings. The van der Waals surface area contributed by atoms with Gasteiger partial charge in [-0.15, -0.1) is 0 Å². The van der Waals surface area contributed by atoms with Gasteiger partial charge in [0.1, 0.15) is 0 Å². The van der Waals surface area contributed by atoms with Crippen molar-refractivity contribution < 1.29 is 4.52 Å². The minimum atomic E-state index is 0.277. The lowest BCUT2D eigenvalue weighted by Crippen LogP contribution is -2.36. The molecule has 0 aromatic carbocycles. The van der Waals surface area contributed by atoms with Crippen LogP contribution in [0.3, 0.4) is 0 Å². The minimum absolute atomic E-state index is 0.277. The normalized spacial score (nSPS) is 28.5. The van der Waals surface area contributed by atoms with Crippen molar-refractivity contribution in [1.29, 1.82) is 0 Å². The quantitative estimate of drug-likeness (QED) is 0.736. The maximum atomic E-state index is 5.92. The van der Waals surface area contributed by atoms with E-state index in [4.69, 9.17) is 10.3 Å². The fraction of sp³-hybridized carbons (Fsp3) is 0.778. The van der Waals surface area contributed by atoms with Gasteiger partial charge < -0.3 is 10.3 Å². The van der Waals surface area contributed by atoms with Crippen LogP contribution < -0.4 is 5.73 Å². The van der Waals surface area contributed by atoms with Gasteiger partial charge in [-0.25, -0.2) is 0 Å². The highest BCUT2D eigenvalue weighted by Crippen LogP contribution is 2.17. The molecule has 2 unspecified atom stereocenters. The Morgan fingerprint density at radius 2 is 2.43 bits per heavy atom. The zero-order valence-corrected chi connectivity index (χ0v) is 8.60. The van der Waals surface area contributed by atoms with E-state index in [0.29, 0.717) is 17.8 Å². The van der Waals surface area contributed by atoms with Crippen LogP contribution in [0, 0.1) is 6.92 Å². The molecule has 1 aromatic heterocycles. The first kappa shape index (κ1) is 9.61. The lowest BCUT2D eigenvalue weighted by molar-refractivity contribution is 0.215. The first-order chi connectivity index (χ1) is 6.66. The third-order valence-electron chi connectivity index (χ3n) is 2.85. The summed E-state index contributed by atoms with van der Waals surface area (Å²) in [4.78, 5) is 6.45. The van der Waals surface area contributed by atoms with Crippen molar-refractivity contribution in [3.05, 3.63) is 11.7 Å². The molecule has 2 rings (SSSR count). The molecule has 1 aliphatic rings. The van der Waals surface area contributed by atoms with Gasteiger partial charge >= 0.3 is 0 Å². The number of hydrogen-bond donors (Lipinski definition) is 1. The number of likely N-dealkylation sites (tertiary alicyclic amines) is 1. The SMILES string of the molecule is Cc1noc(CN2CCC(N)C2C)n1. The third-order valence-corrected chi connectivity index (χ3v) is 2.85. The van der Waals surface area contributed by atoms with Crippen LogP contribution in [0.15, 0.2) is 4.52 Å². The average Bonchev–Trinajstić information content (AvgIpc) is 2.67. The van der Waals surface area contributed by atoms with E-state index in [1.165, 1.54) is 0 Å². The van der Waals surface area contributed by atoms with Crippen LogP contribution in [0.25, 0.3) is 0 Å². The summed E-state index contributed by atoms with van der Waals surface area (Å²) in [5.74, 6) is 1.37. The van der Waals surface area contributed by atoms with Crippen molar-refractivity contribution in [3.63, 3.8) is 0 Å². The molecule has 2 N–H and O–H groups in total. The maximum absolute atomic E-state index is 5.92. The van der Waals surface area contributed by atoms with E-state index >= 15 is 0 Å². The fourth-order valence-electron chi connectivity index (χ4n) is 1.83. The average molecular weight is 196 g/mol. The molecule has 1 aliphatic heterocycles. The Balaban J connectivity index is 1.98. The van der Waals surface area contributed by atoms with E-state index in [0.717, 1.165) is 19.5 Å². The summed E-state index contributed by atoms with van der Waals surface area (Å²) in [5, 5.41) is 3.76. The van der Waals surface area contributed by atoms with Crippen LogP contribution in [0.5, 0.6) is 0 Å². The molecule has 2 atom stereocenters. The number of nitrogens with zero attached hydrogens (tertiary/aromatic N) is 3. The van der Waals surface area contributed by atoms with E-state index in [9.17, 15) is 0 Å². The highest BCUT2D eigenvalue weighted by molar-refractivity contribution is 4.90. The second-order valence-corrected chi connectivity index (χ2v) is 3.90. The van der Waals surface area contributed by atoms with Crippen molar-refractivity contribution in [3.8, 4) is 0 Å². The first-order valence-electron chi connectivity index (χ1n) is 4.95. The van der Waals surface area contributed by atoms with Gasteiger partial charge in [-0.1, -0.05) is 5.16 Å². The third kappa shape index (κ3) is 1.78. The van der Waals surface area contributed by atoms with Gasteiger partial charge in [-0.05, 0) is 20.3 Å². The molecule has 0 saturated carbocycles. The molecule has 0 amide bonds. The molecule has 5 heteroatoms. The van der Waals surface area contributed by atoms with Crippen molar-refractivity contribution in [2.24, 2.45) is 5.73 Å². The van der Waals surface area contributed by atoms with Crippen LogP contribution in [0.2, 0.25) is 0 Å². The molecule has 0 bridgehead atoms. The van der Waals surface area contributed by atoms with E-state index in [1.54, 1.807) is 0 Å². The smallest absolute Gasteiger partial charge is 0.240 e. The molecule has 1 aromatic rings. The lowest BCUT2D eigenvalue weighted by Gasteiger charge is -2.20. The molecule has 0 spiro atoms. The van der Waals surface area contributed by atoms with E-state index in [1.807, 2.05) is 6.92 Å². The highest BCUT2D eigenvalue weighted by atomic mass is 16.5. The number of hydrogen-bond acceptors (Lipinski definition) is 5. The van der Waals surface area contributed by atoms with Crippen LogP contribution in [0.1, 0.15) is 25.1 Å².